The Hall–Kier alpha value is -3.62. The zero-order chi connectivity index (χ0) is 29.9. The van der Waals surface area contributed by atoms with E-state index >= 15 is 0 Å². The van der Waals surface area contributed by atoms with Crippen LogP contribution >= 0.6 is 12.9 Å². The number of alkyl halides is 3. The molecule has 1 fully saturated rings. The minimum atomic E-state index is -4.48. The van der Waals surface area contributed by atoms with Gasteiger partial charge in [0.05, 0.1) is 48.6 Å². The number of benzene rings is 1. The van der Waals surface area contributed by atoms with Crippen LogP contribution in [0.15, 0.2) is 48.8 Å². The number of halogens is 3. The standard InChI is InChI=1S/C28H31F3N6O4S/c1-27(2,41-42)40-13-4-3-12-39-24-16-32-15-23(34-24)35-26(38)37-20-10-11-36(17-20)22-9-8-21(33-25(22)37)18-6-5-7-19(14-18)28(29,30)31/h5-9,14-16,20,42H,3-4,10-13,17H2,1-2H3,(H,34,35,38). The fourth-order valence-electron chi connectivity index (χ4n) is 4.86. The zero-order valence-electron chi connectivity index (χ0n) is 23.1. The van der Waals surface area contributed by atoms with Crippen molar-refractivity contribution in [3.05, 3.63) is 54.4 Å². The third-order valence-corrected chi connectivity index (χ3v) is 7.40. The first-order valence-corrected chi connectivity index (χ1v) is 13.9. The smallest absolute Gasteiger partial charge is 0.416 e. The van der Waals surface area contributed by atoms with Gasteiger partial charge in [0.25, 0.3) is 0 Å². The van der Waals surface area contributed by atoms with Crippen molar-refractivity contribution in [2.75, 3.05) is 41.4 Å². The molecule has 3 aromatic rings. The molecule has 0 radical (unpaired) electrons. The quantitative estimate of drug-likeness (QED) is 0.127. The highest BCUT2D eigenvalue weighted by Crippen LogP contribution is 2.41. The maximum absolute atomic E-state index is 13.6. The summed E-state index contributed by atoms with van der Waals surface area (Å²) in [6, 6.07) is 7.84. The first kappa shape index (κ1) is 29.9. The molecule has 2 aliphatic heterocycles. The molecule has 10 nitrogen and oxygen atoms in total. The molecule has 2 bridgehead atoms. The van der Waals surface area contributed by atoms with E-state index in [1.54, 1.807) is 36.9 Å². The maximum atomic E-state index is 13.6. The minimum Gasteiger partial charge on any atom is -0.477 e. The number of unbranched alkanes of at least 4 members (excludes halogenated alkanes) is 1. The van der Waals surface area contributed by atoms with E-state index in [1.807, 2.05) is 0 Å². The first-order valence-electron chi connectivity index (χ1n) is 13.5. The molecule has 2 aliphatic rings. The van der Waals surface area contributed by atoms with E-state index in [-0.39, 0.29) is 17.7 Å². The van der Waals surface area contributed by atoms with Gasteiger partial charge in [-0.05, 0) is 70.3 Å². The van der Waals surface area contributed by atoms with Crippen molar-refractivity contribution in [1.29, 1.82) is 0 Å². The second-order valence-corrected chi connectivity index (χ2v) is 10.6. The van der Waals surface area contributed by atoms with Crippen molar-refractivity contribution in [3.63, 3.8) is 0 Å². The number of urea groups is 1. The van der Waals surface area contributed by atoms with Gasteiger partial charge >= 0.3 is 12.2 Å². The number of hydrogen-bond acceptors (Lipinski definition) is 9. The largest absolute Gasteiger partial charge is 0.477 e. The Labute approximate surface area is 246 Å². The van der Waals surface area contributed by atoms with Gasteiger partial charge in [-0.1, -0.05) is 12.1 Å². The van der Waals surface area contributed by atoms with E-state index in [0.29, 0.717) is 43.3 Å². The second-order valence-electron chi connectivity index (χ2n) is 10.4. The molecule has 14 heteroatoms. The van der Waals surface area contributed by atoms with Crippen molar-refractivity contribution in [1.82, 2.24) is 15.0 Å². The molecule has 2 aromatic heterocycles. The van der Waals surface area contributed by atoms with Gasteiger partial charge in [-0.15, -0.1) is 0 Å². The number of aromatic nitrogens is 3. The summed E-state index contributed by atoms with van der Waals surface area (Å²) >= 11 is 3.78. The molecular weight excluding hydrogens is 573 g/mol. The fraction of sp³-hybridized carbons (Fsp3) is 0.429. The summed E-state index contributed by atoms with van der Waals surface area (Å²) in [4.78, 5) is 30.4. The van der Waals surface area contributed by atoms with Gasteiger partial charge in [0.1, 0.15) is 0 Å². The van der Waals surface area contributed by atoms with Crippen LogP contribution < -0.4 is 19.9 Å². The van der Waals surface area contributed by atoms with Gasteiger partial charge < -0.3 is 14.4 Å². The van der Waals surface area contributed by atoms with Crippen LogP contribution in [0.3, 0.4) is 0 Å². The SMILES string of the molecule is CC(C)(OS)OCCCCOc1cncc(NC(=O)N2c3nc(-c4cccc(C(F)(F)F)c4)ccc3N3CCC2C3)n1. The van der Waals surface area contributed by atoms with E-state index in [4.69, 9.17) is 13.7 Å². The molecule has 42 heavy (non-hydrogen) atoms. The molecule has 0 aliphatic carbocycles. The van der Waals surface area contributed by atoms with Crippen LogP contribution in [0.2, 0.25) is 0 Å². The van der Waals surface area contributed by atoms with Gasteiger partial charge in [0, 0.05) is 18.7 Å². The lowest BCUT2D eigenvalue weighted by Crippen LogP contribution is -2.48. The first-order chi connectivity index (χ1) is 20.0. The second kappa shape index (κ2) is 12.3. The van der Waals surface area contributed by atoms with Crippen LogP contribution in [-0.2, 0) is 15.1 Å². The Kier molecular flexibility index (Phi) is 8.76. The molecule has 1 unspecified atom stereocenters. The number of carbonyl (C=O) groups is 1. The maximum Gasteiger partial charge on any atom is 0.416 e. The van der Waals surface area contributed by atoms with Gasteiger partial charge in [-0.2, -0.15) is 18.2 Å². The third kappa shape index (κ3) is 6.88. The molecule has 1 N–H and O–H groups in total. The summed E-state index contributed by atoms with van der Waals surface area (Å²) in [5.41, 5.74) is 0.620. The normalized spacial score (nSPS) is 16.4. The molecule has 0 saturated carbocycles. The Morgan fingerprint density at radius 3 is 2.71 bits per heavy atom. The number of hydrogen-bond donors (Lipinski definition) is 2. The molecule has 224 valence electrons. The lowest BCUT2D eigenvalue weighted by Gasteiger charge is -2.35. The molecule has 0 spiro atoms. The predicted molar refractivity (Wildman–Crippen MR) is 154 cm³/mol. The third-order valence-electron chi connectivity index (χ3n) is 6.96. The lowest BCUT2D eigenvalue weighted by molar-refractivity contribution is -0.146. The van der Waals surface area contributed by atoms with Crippen LogP contribution in [-0.4, -0.2) is 59.1 Å². The Bertz CT molecular complexity index is 1430. The monoisotopic (exact) mass is 604 g/mol. The van der Waals surface area contributed by atoms with Crippen molar-refractivity contribution >= 4 is 36.3 Å². The van der Waals surface area contributed by atoms with Crippen molar-refractivity contribution in [2.24, 2.45) is 0 Å². The van der Waals surface area contributed by atoms with Crippen molar-refractivity contribution < 1.29 is 31.6 Å². The van der Waals surface area contributed by atoms with Crippen LogP contribution in [0.4, 0.5) is 35.3 Å². The number of rotatable bonds is 10. The number of fused-ring (bicyclic) bond motifs is 4. The topological polar surface area (TPSA) is 102 Å². The van der Waals surface area contributed by atoms with Crippen molar-refractivity contribution in [2.45, 2.75) is 51.1 Å². The predicted octanol–water partition coefficient (Wildman–Crippen LogP) is 5.96. The van der Waals surface area contributed by atoms with Crippen LogP contribution in [0.5, 0.6) is 5.88 Å². The lowest BCUT2D eigenvalue weighted by atomic mass is 10.1. The highest BCUT2D eigenvalue weighted by Gasteiger charge is 2.40. The summed E-state index contributed by atoms with van der Waals surface area (Å²) in [5.74, 6) is 0.0571. The molecule has 1 aromatic carbocycles. The number of carbonyl (C=O) groups excluding carboxylic acids is 1. The Morgan fingerprint density at radius 1 is 1.12 bits per heavy atom. The number of ether oxygens (including phenoxy) is 2. The minimum absolute atomic E-state index is 0.158. The average Bonchev–Trinajstić information content (AvgIpc) is 3.38. The number of nitrogens with zero attached hydrogens (tertiary/aromatic N) is 5. The molecule has 4 heterocycles. The van der Waals surface area contributed by atoms with Gasteiger partial charge in [-0.25, -0.2) is 9.78 Å². The Morgan fingerprint density at radius 2 is 1.93 bits per heavy atom. The fourth-order valence-corrected chi connectivity index (χ4v) is 4.91. The summed E-state index contributed by atoms with van der Waals surface area (Å²) in [5, 5.41) is 2.78. The molecule has 2 amide bonds. The number of amides is 2. The number of nitrogens with one attached hydrogen (secondary N) is 1. The number of anilines is 3. The molecule has 1 atom stereocenters. The molecule has 5 rings (SSSR count). The van der Waals surface area contributed by atoms with E-state index in [0.717, 1.165) is 37.2 Å². The summed E-state index contributed by atoms with van der Waals surface area (Å²) < 4.78 is 56.1. The van der Waals surface area contributed by atoms with Crippen LogP contribution in [0.25, 0.3) is 11.3 Å². The zero-order valence-corrected chi connectivity index (χ0v) is 24.0. The van der Waals surface area contributed by atoms with Crippen LogP contribution in [0, 0.1) is 0 Å². The van der Waals surface area contributed by atoms with Crippen molar-refractivity contribution in [3.8, 4) is 17.1 Å². The highest BCUT2D eigenvalue weighted by atomic mass is 32.1. The van der Waals surface area contributed by atoms with E-state index in [9.17, 15) is 18.0 Å². The van der Waals surface area contributed by atoms with E-state index in [2.05, 4.69) is 38.1 Å². The molecular formula is C28H31F3N6O4S. The van der Waals surface area contributed by atoms with Crippen LogP contribution in [0.1, 0.15) is 38.7 Å². The Balaban J connectivity index is 1.27. The van der Waals surface area contributed by atoms with E-state index < -0.39 is 23.6 Å². The summed E-state index contributed by atoms with van der Waals surface area (Å²) in [6.45, 7) is 5.74. The highest BCUT2D eigenvalue weighted by molar-refractivity contribution is 7.75. The average molecular weight is 605 g/mol. The summed E-state index contributed by atoms with van der Waals surface area (Å²) in [6.07, 6.45) is 0.538. The molecule has 1 saturated heterocycles. The van der Waals surface area contributed by atoms with Gasteiger partial charge in [-0.3, -0.25) is 19.4 Å². The van der Waals surface area contributed by atoms with Gasteiger partial charge in [0.15, 0.2) is 17.4 Å². The van der Waals surface area contributed by atoms with E-state index in [1.165, 1.54) is 18.5 Å². The summed E-state index contributed by atoms with van der Waals surface area (Å²) in [7, 11) is 0. The number of thiol groups is 1. The number of pyridine rings is 1. The van der Waals surface area contributed by atoms with Gasteiger partial charge in [0.2, 0.25) is 5.88 Å².